The van der Waals surface area contributed by atoms with Crippen molar-refractivity contribution in [3.05, 3.63) is 65.2 Å². The average Bonchev–Trinajstić information content (AvgIpc) is 3.39. The number of fused-ring (bicyclic) bond motifs is 1. The monoisotopic (exact) mass is 508 g/mol. The molecule has 0 spiro atoms. The van der Waals surface area contributed by atoms with Crippen LogP contribution in [0.15, 0.2) is 48.5 Å². The highest BCUT2D eigenvalue weighted by Gasteiger charge is 2.30. The van der Waals surface area contributed by atoms with Crippen molar-refractivity contribution in [2.75, 3.05) is 6.54 Å². The number of aromatic nitrogens is 2. The third kappa shape index (κ3) is 6.03. The zero-order chi connectivity index (χ0) is 25.2. The Balaban J connectivity index is 1.50. The molecule has 35 heavy (non-hydrogen) atoms. The second-order valence-corrected chi connectivity index (χ2v) is 9.94. The highest BCUT2D eigenvalue weighted by molar-refractivity contribution is 7.87. The number of hydrogen-bond acceptors (Lipinski definition) is 4. The number of aryl methyl sites for hydroxylation is 1. The van der Waals surface area contributed by atoms with Crippen molar-refractivity contribution in [1.29, 1.82) is 0 Å². The summed E-state index contributed by atoms with van der Waals surface area (Å²) in [6.07, 6.45) is -2.51. The Labute approximate surface area is 202 Å². The van der Waals surface area contributed by atoms with Crippen LogP contribution in [-0.2, 0) is 35.8 Å². The molecule has 0 saturated carbocycles. The molecule has 0 fully saturated rings. The van der Waals surface area contributed by atoms with Gasteiger partial charge in [0.2, 0.25) is 5.88 Å². The van der Waals surface area contributed by atoms with E-state index in [1.54, 1.807) is 10.7 Å². The number of nitrogens with one attached hydrogen (secondary N) is 2. The van der Waals surface area contributed by atoms with Crippen molar-refractivity contribution in [2.45, 2.75) is 51.9 Å². The number of nitrogens with zero attached hydrogens (tertiary/aromatic N) is 2. The molecule has 0 saturated heterocycles. The van der Waals surface area contributed by atoms with Gasteiger partial charge in [0.15, 0.2) is 0 Å². The molecule has 0 aliphatic heterocycles. The van der Waals surface area contributed by atoms with Gasteiger partial charge in [-0.3, -0.25) is 4.68 Å². The molecule has 3 aromatic rings. The Hall–Kier alpha value is -2.89. The molecule has 0 radical (unpaired) electrons. The first kappa shape index (κ1) is 25.2. The third-order valence-electron chi connectivity index (χ3n) is 5.76. The quantitative estimate of drug-likeness (QED) is 0.440. The molecule has 1 heterocycles. The van der Waals surface area contributed by atoms with Crippen LogP contribution in [0.4, 0.5) is 13.2 Å². The van der Waals surface area contributed by atoms with Gasteiger partial charge in [-0.2, -0.15) is 26.3 Å². The molecule has 1 aliphatic rings. The standard InChI is InChI=1S/C24H27F3N4O3S/c1-3-11-28-35(32,33)30-20-13-16-5-6-17(12-18(16)14-20)22-15-23(29-31(22)4-2)34-21-9-7-19(8-10-21)24(25,26)27/h5-10,12,15,20,28,30H,3-4,11,13-14H2,1-2H3. The fraction of sp³-hybridized carbons (Fsp3) is 0.375. The lowest BCUT2D eigenvalue weighted by Gasteiger charge is -2.12. The Bertz CT molecular complexity index is 1290. The van der Waals surface area contributed by atoms with Gasteiger partial charge in [-0.1, -0.05) is 19.1 Å². The number of halogens is 3. The van der Waals surface area contributed by atoms with Crippen LogP contribution in [0.1, 0.15) is 37.0 Å². The van der Waals surface area contributed by atoms with Crippen molar-refractivity contribution in [3.8, 4) is 22.9 Å². The molecule has 0 bridgehead atoms. The van der Waals surface area contributed by atoms with Gasteiger partial charge in [-0.05, 0) is 67.6 Å². The average molecular weight is 509 g/mol. The molecule has 2 aromatic carbocycles. The Kier molecular flexibility index (Phi) is 7.20. The second kappa shape index (κ2) is 10.00. The highest BCUT2D eigenvalue weighted by atomic mass is 32.2. The van der Waals surface area contributed by atoms with Crippen LogP contribution in [-0.4, -0.2) is 30.8 Å². The van der Waals surface area contributed by atoms with Crippen LogP contribution in [0.3, 0.4) is 0 Å². The SMILES string of the molecule is CCCNS(=O)(=O)NC1Cc2ccc(-c3cc(Oc4ccc(C(F)(F)F)cc4)nn3CC)cc2C1. The molecular weight excluding hydrogens is 481 g/mol. The van der Waals surface area contributed by atoms with Gasteiger partial charge < -0.3 is 4.74 Å². The molecule has 188 valence electrons. The van der Waals surface area contributed by atoms with E-state index in [0.29, 0.717) is 32.4 Å². The molecule has 4 rings (SSSR count). The van der Waals surface area contributed by atoms with E-state index in [1.165, 1.54) is 12.1 Å². The lowest BCUT2D eigenvalue weighted by molar-refractivity contribution is -0.137. The number of benzene rings is 2. The van der Waals surface area contributed by atoms with Gasteiger partial charge in [0.25, 0.3) is 10.2 Å². The summed E-state index contributed by atoms with van der Waals surface area (Å²) in [5, 5.41) is 4.43. The van der Waals surface area contributed by atoms with Gasteiger partial charge in [0.05, 0.1) is 11.3 Å². The van der Waals surface area contributed by atoms with E-state index in [0.717, 1.165) is 34.5 Å². The zero-order valence-electron chi connectivity index (χ0n) is 19.4. The Morgan fingerprint density at radius 2 is 1.77 bits per heavy atom. The number of hydrogen-bond donors (Lipinski definition) is 2. The van der Waals surface area contributed by atoms with Crippen molar-refractivity contribution in [1.82, 2.24) is 19.2 Å². The molecule has 1 atom stereocenters. The number of alkyl halides is 3. The van der Waals surface area contributed by atoms with E-state index in [1.807, 2.05) is 32.0 Å². The summed E-state index contributed by atoms with van der Waals surface area (Å²) >= 11 is 0. The highest BCUT2D eigenvalue weighted by Crippen LogP contribution is 2.33. The maximum absolute atomic E-state index is 12.8. The molecule has 2 N–H and O–H groups in total. The molecule has 1 aliphatic carbocycles. The minimum absolute atomic E-state index is 0.218. The van der Waals surface area contributed by atoms with Crippen LogP contribution in [0.25, 0.3) is 11.3 Å². The van der Waals surface area contributed by atoms with Crippen LogP contribution >= 0.6 is 0 Å². The first-order valence-corrected chi connectivity index (χ1v) is 12.9. The first-order valence-electron chi connectivity index (χ1n) is 11.4. The van der Waals surface area contributed by atoms with Gasteiger partial charge in [0.1, 0.15) is 5.75 Å². The largest absolute Gasteiger partial charge is 0.438 e. The van der Waals surface area contributed by atoms with Crippen molar-refractivity contribution in [3.63, 3.8) is 0 Å². The summed E-state index contributed by atoms with van der Waals surface area (Å²) in [6, 6.07) is 12.0. The summed E-state index contributed by atoms with van der Waals surface area (Å²) in [7, 11) is -3.55. The van der Waals surface area contributed by atoms with Gasteiger partial charge in [-0.15, -0.1) is 5.10 Å². The summed E-state index contributed by atoms with van der Waals surface area (Å²) in [4.78, 5) is 0. The summed E-state index contributed by atoms with van der Waals surface area (Å²) in [5.74, 6) is 0.529. The molecule has 7 nitrogen and oxygen atoms in total. The summed E-state index contributed by atoms with van der Waals surface area (Å²) < 4.78 is 75.5. The molecule has 11 heteroatoms. The fourth-order valence-electron chi connectivity index (χ4n) is 4.11. The topological polar surface area (TPSA) is 85.2 Å². The normalized spacial score (nSPS) is 15.9. The minimum Gasteiger partial charge on any atom is -0.438 e. The van der Waals surface area contributed by atoms with Crippen molar-refractivity contribution < 1.29 is 26.3 Å². The fourth-order valence-corrected chi connectivity index (χ4v) is 5.27. The van der Waals surface area contributed by atoms with E-state index in [9.17, 15) is 21.6 Å². The zero-order valence-corrected chi connectivity index (χ0v) is 20.2. The van der Waals surface area contributed by atoms with Crippen molar-refractivity contribution >= 4 is 10.2 Å². The smallest absolute Gasteiger partial charge is 0.416 e. The first-order chi connectivity index (χ1) is 16.6. The van der Waals surface area contributed by atoms with E-state index < -0.39 is 21.9 Å². The Morgan fingerprint density at radius 1 is 1.06 bits per heavy atom. The van der Waals surface area contributed by atoms with Crippen LogP contribution in [0.2, 0.25) is 0 Å². The minimum atomic E-state index is -4.41. The summed E-state index contributed by atoms with van der Waals surface area (Å²) in [6.45, 7) is 4.78. The van der Waals surface area contributed by atoms with Gasteiger partial charge in [-0.25, -0.2) is 4.72 Å². The van der Waals surface area contributed by atoms with E-state index in [4.69, 9.17) is 4.74 Å². The predicted molar refractivity (Wildman–Crippen MR) is 126 cm³/mol. The number of rotatable bonds is 9. The second-order valence-electron chi connectivity index (χ2n) is 8.41. The molecule has 0 amide bonds. The van der Waals surface area contributed by atoms with E-state index >= 15 is 0 Å². The van der Waals surface area contributed by atoms with E-state index in [-0.39, 0.29) is 17.7 Å². The van der Waals surface area contributed by atoms with Gasteiger partial charge >= 0.3 is 6.18 Å². The number of ether oxygens (including phenoxy) is 1. The van der Waals surface area contributed by atoms with Crippen LogP contribution < -0.4 is 14.2 Å². The van der Waals surface area contributed by atoms with Crippen LogP contribution in [0, 0.1) is 0 Å². The molecule has 1 unspecified atom stereocenters. The third-order valence-corrected chi connectivity index (χ3v) is 6.99. The lowest BCUT2D eigenvalue weighted by Crippen LogP contribution is -2.43. The van der Waals surface area contributed by atoms with Crippen LogP contribution in [0.5, 0.6) is 11.6 Å². The molecule has 1 aromatic heterocycles. The summed E-state index contributed by atoms with van der Waals surface area (Å²) in [5.41, 5.74) is 3.09. The molecular formula is C24H27F3N4O3S. The van der Waals surface area contributed by atoms with E-state index in [2.05, 4.69) is 14.5 Å². The maximum Gasteiger partial charge on any atom is 0.416 e. The van der Waals surface area contributed by atoms with Crippen molar-refractivity contribution in [2.24, 2.45) is 0 Å². The lowest BCUT2D eigenvalue weighted by atomic mass is 10.0. The van der Waals surface area contributed by atoms with Gasteiger partial charge in [0, 0.05) is 30.8 Å². The predicted octanol–water partition coefficient (Wildman–Crippen LogP) is 4.68. The maximum atomic E-state index is 12.8. The Morgan fingerprint density at radius 3 is 2.43 bits per heavy atom.